The van der Waals surface area contributed by atoms with E-state index in [1.54, 1.807) is 12.1 Å². The molecule has 20 heavy (non-hydrogen) atoms. The van der Waals surface area contributed by atoms with Gasteiger partial charge in [-0.05, 0) is 37.3 Å². The summed E-state index contributed by atoms with van der Waals surface area (Å²) in [5, 5.41) is 20.9. The maximum atomic E-state index is 12.2. The number of carbonyl (C=O) groups excluding carboxylic acids is 1. The van der Waals surface area contributed by atoms with Crippen LogP contribution in [0.4, 0.5) is 0 Å². The smallest absolute Gasteiger partial charge is 0.267 e. The van der Waals surface area contributed by atoms with Gasteiger partial charge in [0.25, 0.3) is 5.91 Å². The Balaban J connectivity index is 1.99. The minimum absolute atomic E-state index is 0.0154. The number of rotatable bonds is 5. The zero-order valence-electron chi connectivity index (χ0n) is 11.6. The number of H-pyrrole nitrogens is 1. The highest BCUT2D eigenvalue weighted by atomic mass is 16.3. The molecule has 1 fully saturated rings. The van der Waals surface area contributed by atoms with Crippen LogP contribution in [-0.4, -0.2) is 28.6 Å². The Morgan fingerprint density at radius 1 is 1.45 bits per heavy atom. The largest absolute Gasteiger partial charge is 0.396 e. The van der Waals surface area contributed by atoms with Gasteiger partial charge < -0.3 is 15.4 Å². The number of amides is 1. The predicted octanol–water partition coefficient (Wildman–Crippen LogP) is 1.95. The summed E-state index contributed by atoms with van der Waals surface area (Å²) in [5.41, 5.74) is 0.784. The van der Waals surface area contributed by atoms with Crippen molar-refractivity contribution in [1.29, 1.82) is 5.26 Å². The van der Waals surface area contributed by atoms with Crippen molar-refractivity contribution in [2.75, 3.05) is 6.61 Å². The highest BCUT2D eigenvalue weighted by molar-refractivity contribution is 5.92. The number of hydrogen-bond acceptors (Lipinski definition) is 3. The Kier molecular flexibility index (Phi) is 5.19. The van der Waals surface area contributed by atoms with E-state index in [1.807, 2.05) is 6.07 Å². The lowest BCUT2D eigenvalue weighted by atomic mass is 9.82. The van der Waals surface area contributed by atoms with Crippen LogP contribution in [0.1, 0.15) is 54.7 Å². The lowest BCUT2D eigenvalue weighted by Gasteiger charge is -2.30. The van der Waals surface area contributed by atoms with E-state index in [0.29, 0.717) is 23.7 Å². The Labute approximate surface area is 119 Å². The van der Waals surface area contributed by atoms with Gasteiger partial charge in [-0.3, -0.25) is 4.79 Å². The van der Waals surface area contributed by atoms with Crippen molar-refractivity contribution in [2.45, 2.75) is 44.6 Å². The van der Waals surface area contributed by atoms with E-state index in [1.165, 1.54) is 19.3 Å². The molecule has 3 N–H and O–H groups in total. The van der Waals surface area contributed by atoms with Crippen molar-refractivity contribution in [3.05, 3.63) is 23.5 Å². The molecule has 0 saturated heterocycles. The van der Waals surface area contributed by atoms with Gasteiger partial charge in [-0.15, -0.1) is 0 Å². The van der Waals surface area contributed by atoms with E-state index >= 15 is 0 Å². The predicted molar refractivity (Wildman–Crippen MR) is 75.0 cm³/mol. The monoisotopic (exact) mass is 275 g/mol. The van der Waals surface area contributed by atoms with Crippen molar-refractivity contribution < 1.29 is 9.90 Å². The summed E-state index contributed by atoms with van der Waals surface area (Å²) >= 11 is 0. The molecule has 1 saturated carbocycles. The Bertz CT molecular complexity index is 484. The van der Waals surface area contributed by atoms with E-state index in [9.17, 15) is 9.90 Å². The first-order valence-corrected chi connectivity index (χ1v) is 7.25. The highest BCUT2D eigenvalue weighted by Gasteiger charge is 2.25. The number of aromatic nitrogens is 1. The second-order valence-electron chi connectivity index (χ2n) is 5.39. The molecule has 5 nitrogen and oxygen atoms in total. The Morgan fingerprint density at radius 3 is 2.80 bits per heavy atom. The summed E-state index contributed by atoms with van der Waals surface area (Å²) < 4.78 is 0. The van der Waals surface area contributed by atoms with Crippen LogP contribution in [0.25, 0.3) is 0 Å². The van der Waals surface area contributed by atoms with Crippen molar-refractivity contribution in [1.82, 2.24) is 10.3 Å². The number of carbonyl (C=O) groups is 1. The lowest BCUT2D eigenvalue weighted by Crippen LogP contribution is -2.41. The van der Waals surface area contributed by atoms with Crippen LogP contribution < -0.4 is 5.32 Å². The van der Waals surface area contributed by atoms with Crippen LogP contribution in [0.3, 0.4) is 0 Å². The number of hydrogen-bond donors (Lipinski definition) is 3. The van der Waals surface area contributed by atoms with Crippen molar-refractivity contribution in [2.24, 2.45) is 5.92 Å². The van der Waals surface area contributed by atoms with Gasteiger partial charge in [0.15, 0.2) is 0 Å². The van der Waals surface area contributed by atoms with Crippen LogP contribution in [0.2, 0.25) is 0 Å². The lowest BCUT2D eigenvalue weighted by molar-refractivity contribution is 0.0895. The molecule has 1 heterocycles. The number of nitriles is 1. The number of nitrogens with one attached hydrogen (secondary N) is 2. The van der Waals surface area contributed by atoms with Crippen LogP contribution >= 0.6 is 0 Å². The first-order valence-electron chi connectivity index (χ1n) is 7.25. The number of aliphatic hydroxyl groups is 1. The van der Waals surface area contributed by atoms with Crippen LogP contribution in [0.15, 0.2) is 12.1 Å². The standard InChI is InChI=1S/C15H21N3O2/c16-10-12-6-7-14(17-12)15(20)18-13(8-9-19)11-4-2-1-3-5-11/h6-7,11,13,17,19H,1-5,8-9H2,(H,18,20). The normalized spacial score (nSPS) is 17.4. The SMILES string of the molecule is N#Cc1ccc(C(=O)NC(CCO)C2CCCCC2)[nH]1. The van der Waals surface area contributed by atoms with Gasteiger partial charge in [0, 0.05) is 12.6 Å². The van der Waals surface area contributed by atoms with E-state index in [-0.39, 0.29) is 18.6 Å². The maximum Gasteiger partial charge on any atom is 0.267 e. The molecular weight excluding hydrogens is 254 g/mol. The molecule has 1 amide bonds. The first-order chi connectivity index (χ1) is 9.74. The van der Waals surface area contributed by atoms with E-state index < -0.39 is 0 Å². The molecule has 1 aromatic rings. The molecule has 1 aromatic heterocycles. The fourth-order valence-corrected chi connectivity index (χ4v) is 2.94. The summed E-state index contributed by atoms with van der Waals surface area (Å²) in [6.45, 7) is 0.0790. The number of nitrogens with zero attached hydrogens (tertiary/aromatic N) is 1. The van der Waals surface area contributed by atoms with Crippen molar-refractivity contribution in [3.63, 3.8) is 0 Å². The molecule has 0 radical (unpaired) electrons. The third-order valence-electron chi connectivity index (χ3n) is 4.03. The van der Waals surface area contributed by atoms with Crippen molar-refractivity contribution >= 4 is 5.91 Å². The quantitative estimate of drug-likeness (QED) is 0.767. The second kappa shape index (κ2) is 7.11. The highest BCUT2D eigenvalue weighted by Crippen LogP contribution is 2.27. The van der Waals surface area contributed by atoms with Crippen LogP contribution in [-0.2, 0) is 0 Å². The summed E-state index contributed by atoms with van der Waals surface area (Å²) in [6, 6.07) is 5.19. The third kappa shape index (κ3) is 3.61. The van der Waals surface area contributed by atoms with Crippen LogP contribution in [0.5, 0.6) is 0 Å². The number of aromatic amines is 1. The molecule has 5 heteroatoms. The first kappa shape index (κ1) is 14.6. The molecule has 0 spiro atoms. The van der Waals surface area contributed by atoms with Gasteiger partial charge >= 0.3 is 0 Å². The molecule has 0 bridgehead atoms. The van der Waals surface area contributed by atoms with Gasteiger partial charge in [-0.25, -0.2) is 0 Å². The summed E-state index contributed by atoms with van der Waals surface area (Å²) in [7, 11) is 0. The zero-order valence-corrected chi connectivity index (χ0v) is 11.6. The maximum absolute atomic E-state index is 12.2. The third-order valence-corrected chi connectivity index (χ3v) is 4.03. The summed E-state index contributed by atoms with van der Waals surface area (Å²) in [4.78, 5) is 14.9. The Hall–Kier alpha value is -1.80. The fraction of sp³-hybridized carbons (Fsp3) is 0.600. The topological polar surface area (TPSA) is 88.9 Å². The Morgan fingerprint density at radius 2 is 2.20 bits per heavy atom. The van der Waals surface area contributed by atoms with E-state index in [0.717, 1.165) is 12.8 Å². The molecule has 1 aliphatic carbocycles. The van der Waals surface area contributed by atoms with E-state index in [2.05, 4.69) is 10.3 Å². The molecule has 1 aliphatic rings. The number of aliphatic hydroxyl groups excluding tert-OH is 1. The summed E-state index contributed by atoms with van der Waals surface area (Å²) in [6.07, 6.45) is 6.46. The van der Waals surface area contributed by atoms with Gasteiger partial charge in [0.2, 0.25) is 0 Å². The van der Waals surface area contributed by atoms with Crippen LogP contribution in [0, 0.1) is 17.2 Å². The molecule has 0 aliphatic heterocycles. The average molecular weight is 275 g/mol. The molecule has 0 aromatic carbocycles. The van der Waals surface area contributed by atoms with Gasteiger partial charge in [-0.1, -0.05) is 19.3 Å². The van der Waals surface area contributed by atoms with Crippen molar-refractivity contribution in [3.8, 4) is 6.07 Å². The van der Waals surface area contributed by atoms with E-state index in [4.69, 9.17) is 5.26 Å². The molecule has 2 rings (SSSR count). The van der Waals surface area contributed by atoms with Gasteiger partial charge in [0.1, 0.15) is 17.5 Å². The average Bonchev–Trinajstić information content (AvgIpc) is 2.97. The summed E-state index contributed by atoms with van der Waals surface area (Å²) in [5.74, 6) is 0.251. The zero-order chi connectivity index (χ0) is 14.4. The molecule has 108 valence electrons. The second-order valence-corrected chi connectivity index (χ2v) is 5.39. The minimum atomic E-state index is -0.199. The fourth-order valence-electron chi connectivity index (χ4n) is 2.94. The minimum Gasteiger partial charge on any atom is -0.396 e. The molecule has 1 atom stereocenters. The van der Waals surface area contributed by atoms with Gasteiger partial charge in [-0.2, -0.15) is 5.26 Å². The van der Waals surface area contributed by atoms with Gasteiger partial charge in [0.05, 0.1) is 0 Å². The molecular formula is C15H21N3O2. The molecule has 1 unspecified atom stereocenters.